The van der Waals surface area contributed by atoms with Crippen molar-refractivity contribution in [2.75, 3.05) is 13.1 Å². The van der Waals surface area contributed by atoms with Crippen molar-refractivity contribution in [1.29, 1.82) is 0 Å². The zero-order valence-corrected chi connectivity index (χ0v) is 14.2. The number of carbonyl (C=O) groups excluding carboxylic acids is 2. The van der Waals surface area contributed by atoms with Crippen LogP contribution in [0.15, 0.2) is 0 Å². The van der Waals surface area contributed by atoms with Crippen LogP contribution in [0.1, 0.15) is 51.9 Å². The lowest BCUT2D eigenvalue weighted by atomic mass is 9.89. The van der Waals surface area contributed by atoms with Crippen LogP contribution < -0.4 is 10.6 Å². The predicted molar refractivity (Wildman–Crippen MR) is 88.0 cm³/mol. The van der Waals surface area contributed by atoms with Gasteiger partial charge in [0.2, 0.25) is 11.8 Å². The molecule has 3 aliphatic heterocycles. The fraction of sp³-hybridized carbons (Fsp3) is 0.875. The molecule has 3 unspecified atom stereocenters. The number of carbonyl (C=O) groups is 2. The van der Waals surface area contributed by atoms with Crippen LogP contribution in [0, 0.1) is 5.92 Å². The maximum Gasteiger partial charge on any atom is 0.222 e. The van der Waals surface area contributed by atoms with E-state index in [2.05, 4.69) is 10.6 Å². The summed E-state index contributed by atoms with van der Waals surface area (Å²) in [5.41, 5.74) is 0. The van der Waals surface area contributed by atoms with Crippen molar-refractivity contribution in [2.45, 2.75) is 70.0 Å². The van der Waals surface area contributed by atoms with Crippen molar-refractivity contribution in [1.82, 2.24) is 15.5 Å². The number of halogens is 1. The number of piperidine rings is 1. The first-order valence-electron chi connectivity index (χ1n) is 8.47. The Bertz CT molecular complexity index is 406. The normalized spacial score (nSPS) is 33.4. The third-order valence-electron chi connectivity index (χ3n) is 5.25. The lowest BCUT2D eigenvalue weighted by Gasteiger charge is -2.29. The summed E-state index contributed by atoms with van der Waals surface area (Å²) in [5.74, 6) is 0.914. The van der Waals surface area contributed by atoms with Crippen LogP contribution in [-0.2, 0) is 9.59 Å². The van der Waals surface area contributed by atoms with Gasteiger partial charge in [-0.25, -0.2) is 0 Å². The van der Waals surface area contributed by atoms with Gasteiger partial charge in [-0.05, 0) is 38.0 Å². The van der Waals surface area contributed by atoms with E-state index in [4.69, 9.17) is 0 Å². The monoisotopic (exact) mass is 329 g/mol. The number of likely N-dealkylation sites (tertiary alicyclic amines) is 1. The zero-order chi connectivity index (χ0) is 14.8. The highest BCUT2D eigenvalue weighted by atomic mass is 35.5. The number of hydrogen-bond acceptors (Lipinski definition) is 3. The molecule has 2 amide bonds. The van der Waals surface area contributed by atoms with Crippen molar-refractivity contribution in [3.63, 3.8) is 0 Å². The number of fused-ring (bicyclic) bond motifs is 2. The van der Waals surface area contributed by atoms with E-state index in [-0.39, 0.29) is 30.3 Å². The smallest absolute Gasteiger partial charge is 0.222 e. The highest BCUT2D eigenvalue weighted by molar-refractivity contribution is 5.85. The highest BCUT2D eigenvalue weighted by Crippen LogP contribution is 2.32. The Kier molecular flexibility index (Phi) is 6.09. The van der Waals surface area contributed by atoms with E-state index in [1.54, 1.807) is 0 Å². The summed E-state index contributed by atoms with van der Waals surface area (Å²) in [6.07, 6.45) is 6.96. The van der Waals surface area contributed by atoms with E-state index in [0.717, 1.165) is 25.8 Å². The van der Waals surface area contributed by atoms with Crippen molar-refractivity contribution < 1.29 is 9.59 Å². The Morgan fingerprint density at radius 2 is 1.86 bits per heavy atom. The highest BCUT2D eigenvalue weighted by Gasteiger charge is 2.34. The average Bonchev–Trinajstić information content (AvgIpc) is 3.05. The van der Waals surface area contributed by atoms with E-state index in [1.807, 2.05) is 11.8 Å². The summed E-state index contributed by atoms with van der Waals surface area (Å²) in [6.45, 7) is 3.37. The van der Waals surface area contributed by atoms with Gasteiger partial charge < -0.3 is 15.5 Å². The second-order valence-electron chi connectivity index (χ2n) is 6.93. The number of nitrogens with one attached hydrogen (secondary N) is 2. The summed E-state index contributed by atoms with van der Waals surface area (Å²) in [5, 5.41) is 6.75. The van der Waals surface area contributed by atoms with Gasteiger partial charge in [0.05, 0.1) is 0 Å². The molecule has 0 aliphatic carbocycles. The number of nitrogens with zero attached hydrogens (tertiary/aromatic N) is 1. The van der Waals surface area contributed by atoms with Crippen molar-refractivity contribution in [3.05, 3.63) is 0 Å². The van der Waals surface area contributed by atoms with Gasteiger partial charge >= 0.3 is 0 Å². The molecule has 2 bridgehead atoms. The van der Waals surface area contributed by atoms with E-state index < -0.39 is 0 Å². The first-order valence-corrected chi connectivity index (χ1v) is 8.47. The van der Waals surface area contributed by atoms with E-state index in [9.17, 15) is 9.59 Å². The molecule has 3 fully saturated rings. The molecule has 5 nitrogen and oxygen atoms in total. The molecule has 126 valence electrons. The van der Waals surface area contributed by atoms with Crippen molar-refractivity contribution in [3.8, 4) is 0 Å². The minimum absolute atomic E-state index is 0. The molecule has 0 saturated carbocycles. The molecule has 0 aromatic carbocycles. The minimum atomic E-state index is 0. The largest absolute Gasteiger partial charge is 0.352 e. The lowest BCUT2D eigenvalue weighted by Crippen LogP contribution is -2.42. The van der Waals surface area contributed by atoms with Gasteiger partial charge in [0, 0.05) is 44.1 Å². The summed E-state index contributed by atoms with van der Waals surface area (Å²) in [6, 6.07) is 1.45. The Balaban J connectivity index is 0.00000176. The van der Waals surface area contributed by atoms with Crippen molar-refractivity contribution in [2.24, 2.45) is 5.92 Å². The van der Waals surface area contributed by atoms with Gasteiger partial charge in [0.25, 0.3) is 0 Å². The van der Waals surface area contributed by atoms with Gasteiger partial charge in [0.15, 0.2) is 0 Å². The van der Waals surface area contributed by atoms with Crippen LogP contribution in [0.5, 0.6) is 0 Å². The topological polar surface area (TPSA) is 61.4 Å². The van der Waals surface area contributed by atoms with Crippen LogP contribution in [0.2, 0.25) is 0 Å². The quantitative estimate of drug-likeness (QED) is 0.820. The van der Waals surface area contributed by atoms with E-state index in [1.165, 1.54) is 12.8 Å². The Morgan fingerprint density at radius 3 is 2.50 bits per heavy atom. The number of amides is 2. The van der Waals surface area contributed by atoms with E-state index in [0.29, 0.717) is 37.4 Å². The third kappa shape index (κ3) is 4.13. The van der Waals surface area contributed by atoms with Gasteiger partial charge in [-0.15, -0.1) is 12.4 Å². The molecule has 3 rings (SSSR count). The second kappa shape index (κ2) is 7.64. The van der Waals surface area contributed by atoms with Gasteiger partial charge in [-0.2, -0.15) is 0 Å². The molecule has 22 heavy (non-hydrogen) atoms. The molecule has 0 radical (unpaired) electrons. The Morgan fingerprint density at radius 1 is 1.18 bits per heavy atom. The number of hydrogen-bond donors (Lipinski definition) is 2. The van der Waals surface area contributed by atoms with Crippen LogP contribution in [0.25, 0.3) is 0 Å². The van der Waals surface area contributed by atoms with Gasteiger partial charge in [-0.1, -0.05) is 6.92 Å². The summed E-state index contributed by atoms with van der Waals surface area (Å²) in [7, 11) is 0. The van der Waals surface area contributed by atoms with Crippen LogP contribution in [-0.4, -0.2) is 47.9 Å². The predicted octanol–water partition coefficient (Wildman–Crippen LogP) is 1.46. The summed E-state index contributed by atoms with van der Waals surface area (Å²) < 4.78 is 0. The molecule has 0 aromatic heterocycles. The fourth-order valence-corrected chi connectivity index (χ4v) is 4.22. The number of rotatable bonds is 4. The molecule has 3 heterocycles. The first kappa shape index (κ1) is 17.5. The summed E-state index contributed by atoms with van der Waals surface area (Å²) >= 11 is 0. The molecular weight excluding hydrogens is 302 g/mol. The SMILES string of the molecule is CCC(=O)N1CCC(NC(=O)CC2CC3CCC(C2)N3)C1.Cl. The maximum absolute atomic E-state index is 12.2. The maximum atomic E-state index is 12.2. The fourth-order valence-electron chi connectivity index (χ4n) is 4.22. The molecule has 3 saturated heterocycles. The molecule has 2 N–H and O–H groups in total. The van der Waals surface area contributed by atoms with Crippen molar-refractivity contribution >= 4 is 24.2 Å². The van der Waals surface area contributed by atoms with Gasteiger partial charge in [-0.3, -0.25) is 9.59 Å². The summed E-state index contributed by atoms with van der Waals surface area (Å²) in [4.78, 5) is 25.7. The lowest BCUT2D eigenvalue weighted by molar-refractivity contribution is -0.130. The molecule has 0 spiro atoms. The molecule has 3 atom stereocenters. The first-order chi connectivity index (χ1) is 10.1. The van der Waals surface area contributed by atoms with Gasteiger partial charge in [0.1, 0.15) is 0 Å². The molecular formula is C16H28ClN3O2. The minimum Gasteiger partial charge on any atom is -0.352 e. The Labute approximate surface area is 139 Å². The second-order valence-corrected chi connectivity index (χ2v) is 6.93. The van der Waals surface area contributed by atoms with Crippen LogP contribution in [0.4, 0.5) is 0 Å². The molecule has 6 heteroatoms. The molecule has 3 aliphatic rings. The van der Waals surface area contributed by atoms with Crippen LogP contribution >= 0.6 is 12.4 Å². The average molecular weight is 330 g/mol. The van der Waals surface area contributed by atoms with Crippen LogP contribution in [0.3, 0.4) is 0 Å². The molecule has 0 aromatic rings. The third-order valence-corrected chi connectivity index (χ3v) is 5.25. The van der Waals surface area contributed by atoms with E-state index >= 15 is 0 Å². The zero-order valence-electron chi connectivity index (χ0n) is 13.3. The standard InChI is InChI=1S/C16H27N3O2.ClH/c1-2-16(21)19-6-5-14(10-19)18-15(20)9-11-7-12-3-4-13(8-11)17-12;/h11-14,17H,2-10H2,1H3,(H,18,20);1H. The Hall–Kier alpha value is -0.810.